The molecule has 1 aliphatic heterocycles. The van der Waals surface area contributed by atoms with E-state index in [9.17, 15) is 4.79 Å². The molecule has 1 amide bonds. The molecule has 0 aromatic rings. The summed E-state index contributed by atoms with van der Waals surface area (Å²) in [6.07, 6.45) is 5.23. The Morgan fingerprint density at radius 1 is 1.25 bits per heavy atom. The highest BCUT2D eigenvalue weighted by Gasteiger charge is 2.29. The number of nitrogens with one attached hydrogen (secondary N) is 2. The third-order valence-electron chi connectivity index (χ3n) is 5.11. The van der Waals surface area contributed by atoms with E-state index in [1.807, 2.05) is 14.0 Å². The number of aliphatic imine (C=N–C) groups is 1. The number of hydrogen-bond acceptors (Lipinski definition) is 2. The van der Waals surface area contributed by atoms with Crippen molar-refractivity contribution in [1.82, 2.24) is 15.5 Å². The highest BCUT2D eigenvalue weighted by atomic mass is 127. The van der Waals surface area contributed by atoms with Crippen molar-refractivity contribution in [2.75, 3.05) is 26.7 Å². The number of carbonyl (C=O) groups is 1. The number of guanidine groups is 1. The van der Waals surface area contributed by atoms with Gasteiger partial charge in [-0.15, -0.1) is 24.0 Å². The maximum atomic E-state index is 11.8. The average Bonchev–Trinajstić information content (AvgIpc) is 3.02. The molecule has 24 heavy (non-hydrogen) atoms. The molecular weight excluding hydrogens is 415 g/mol. The Balaban J connectivity index is 0.00000529. The lowest BCUT2D eigenvalue weighted by molar-refractivity contribution is -0.121. The van der Waals surface area contributed by atoms with Crippen molar-refractivity contribution in [2.45, 2.75) is 65.8 Å². The second-order valence-corrected chi connectivity index (χ2v) is 6.67. The highest BCUT2D eigenvalue weighted by molar-refractivity contribution is 14.0. The number of amides is 1. The molecule has 0 radical (unpaired) electrons. The van der Waals surface area contributed by atoms with Crippen LogP contribution in [0.1, 0.15) is 59.8 Å². The van der Waals surface area contributed by atoms with Crippen LogP contribution in [0.25, 0.3) is 0 Å². The smallest absolute Gasteiger partial charge is 0.221 e. The summed E-state index contributed by atoms with van der Waals surface area (Å²) in [6, 6.07) is 0.251. The molecule has 1 heterocycles. The summed E-state index contributed by atoms with van der Waals surface area (Å²) >= 11 is 0. The van der Waals surface area contributed by atoms with Gasteiger partial charge in [0.25, 0.3) is 0 Å². The second kappa shape index (κ2) is 12.8. The molecule has 6 heteroatoms. The van der Waals surface area contributed by atoms with Gasteiger partial charge >= 0.3 is 0 Å². The highest BCUT2D eigenvalue weighted by Crippen LogP contribution is 2.28. The van der Waals surface area contributed by atoms with Crippen molar-refractivity contribution >= 4 is 35.8 Å². The van der Waals surface area contributed by atoms with Gasteiger partial charge in [0.2, 0.25) is 5.91 Å². The molecule has 2 atom stereocenters. The first-order chi connectivity index (χ1) is 11.0. The van der Waals surface area contributed by atoms with Crippen molar-refractivity contribution in [3.05, 3.63) is 0 Å². The van der Waals surface area contributed by atoms with E-state index in [4.69, 9.17) is 0 Å². The summed E-state index contributed by atoms with van der Waals surface area (Å²) in [5.41, 5.74) is 0. The molecule has 1 fully saturated rings. The summed E-state index contributed by atoms with van der Waals surface area (Å²) in [4.78, 5) is 18.5. The van der Waals surface area contributed by atoms with E-state index in [2.05, 4.69) is 41.3 Å². The molecule has 0 bridgehead atoms. The van der Waals surface area contributed by atoms with Crippen molar-refractivity contribution in [1.29, 1.82) is 0 Å². The molecule has 1 aliphatic rings. The Kier molecular flexibility index (Phi) is 12.5. The quantitative estimate of drug-likeness (QED) is 0.338. The number of rotatable bonds is 8. The van der Waals surface area contributed by atoms with Crippen LogP contribution in [0.2, 0.25) is 0 Å². The molecule has 0 aromatic carbocycles. The molecule has 0 saturated carbocycles. The maximum absolute atomic E-state index is 11.8. The third-order valence-corrected chi connectivity index (χ3v) is 5.11. The molecule has 0 aliphatic carbocycles. The Bertz CT molecular complexity index is 385. The van der Waals surface area contributed by atoms with Crippen molar-refractivity contribution < 1.29 is 4.79 Å². The fourth-order valence-corrected chi connectivity index (χ4v) is 3.39. The minimum Gasteiger partial charge on any atom is -0.356 e. The summed E-state index contributed by atoms with van der Waals surface area (Å²) in [5.74, 6) is 2.64. The molecule has 2 unspecified atom stereocenters. The van der Waals surface area contributed by atoms with Crippen molar-refractivity contribution in [3.63, 3.8) is 0 Å². The van der Waals surface area contributed by atoms with Gasteiger partial charge < -0.3 is 15.5 Å². The fourth-order valence-electron chi connectivity index (χ4n) is 3.39. The first kappa shape index (κ1) is 23.5. The predicted molar refractivity (Wildman–Crippen MR) is 113 cm³/mol. The zero-order valence-electron chi connectivity index (χ0n) is 16.1. The van der Waals surface area contributed by atoms with Crippen LogP contribution in [0.5, 0.6) is 0 Å². The second-order valence-electron chi connectivity index (χ2n) is 6.67. The Morgan fingerprint density at radius 2 is 1.92 bits per heavy atom. The largest absolute Gasteiger partial charge is 0.356 e. The molecule has 1 rings (SSSR count). The average molecular weight is 452 g/mol. The van der Waals surface area contributed by atoms with Crippen LogP contribution in [0.15, 0.2) is 4.99 Å². The van der Waals surface area contributed by atoms with Gasteiger partial charge in [0.15, 0.2) is 5.96 Å². The molecule has 0 aromatic heterocycles. The fraction of sp³-hybridized carbons (Fsp3) is 0.889. The van der Waals surface area contributed by atoms with E-state index in [1.54, 1.807) is 0 Å². The number of nitrogens with zero attached hydrogens (tertiary/aromatic N) is 2. The molecule has 2 N–H and O–H groups in total. The molecule has 142 valence electrons. The zero-order valence-corrected chi connectivity index (χ0v) is 18.4. The molecular formula is C18H37IN4O. The Morgan fingerprint density at radius 3 is 2.46 bits per heavy atom. The van der Waals surface area contributed by atoms with Crippen LogP contribution in [0, 0.1) is 11.8 Å². The van der Waals surface area contributed by atoms with Crippen LogP contribution in [-0.2, 0) is 4.79 Å². The first-order valence-corrected chi connectivity index (χ1v) is 9.30. The van der Waals surface area contributed by atoms with Crippen LogP contribution in [-0.4, -0.2) is 49.5 Å². The van der Waals surface area contributed by atoms with E-state index in [1.165, 1.54) is 19.3 Å². The van der Waals surface area contributed by atoms with Crippen LogP contribution >= 0.6 is 24.0 Å². The normalized spacial score (nSPS) is 19.2. The predicted octanol–water partition coefficient (Wildman–Crippen LogP) is 3.24. The van der Waals surface area contributed by atoms with Crippen LogP contribution < -0.4 is 10.6 Å². The topological polar surface area (TPSA) is 56.7 Å². The number of carbonyl (C=O) groups excluding carboxylic acids is 1. The van der Waals surface area contributed by atoms with E-state index in [0.29, 0.717) is 13.0 Å². The lowest BCUT2D eigenvalue weighted by Gasteiger charge is -2.24. The van der Waals surface area contributed by atoms with Gasteiger partial charge in [0.05, 0.1) is 0 Å². The van der Waals surface area contributed by atoms with Crippen LogP contribution in [0.3, 0.4) is 0 Å². The lowest BCUT2D eigenvalue weighted by Crippen LogP contribution is -2.42. The van der Waals surface area contributed by atoms with Gasteiger partial charge in [-0.25, -0.2) is 0 Å². The summed E-state index contributed by atoms with van der Waals surface area (Å²) in [6.45, 7) is 11.5. The van der Waals surface area contributed by atoms with Gasteiger partial charge in [-0.3, -0.25) is 9.79 Å². The summed E-state index contributed by atoms with van der Waals surface area (Å²) in [5, 5.41) is 6.34. The number of hydrogen-bond donors (Lipinski definition) is 2. The zero-order chi connectivity index (χ0) is 17.2. The van der Waals surface area contributed by atoms with Gasteiger partial charge in [-0.1, -0.05) is 33.6 Å². The molecule has 5 nitrogen and oxygen atoms in total. The van der Waals surface area contributed by atoms with Gasteiger partial charge in [0, 0.05) is 39.1 Å². The molecule has 1 saturated heterocycles. The summed E-state index contributed by atoms with van der Waals surface area (Å²) in [7, 11) is 1.83. The Hall–Kier alpha value is -0.530. The molecule has 0 spiro atoms. The van der Waals surface area contributed by atoms with Gasteiger partial charge in [0.1, 0.15) is 0 Å². The minimum absolute atomic E-state index is 0. The number of halogens is 1. The summed E-state index contributed by atoms with van der Waals surface area (Å²) < 4.78 is 0. The van der Waals surface area contributed by atoms with E-state index in [-0.39, 0.29) is 35.9 Å². The maximum Gasteiger partial charge on any atom is 0.221 e. The van der Waals surface area contributed by atoms with Gasteiger partial charge in [-0.2, -0.15) is 0 Å². The lowest BCUT2D eigenvalue weighted by atomic mass is 9.87. The van der Waals surface area contributed by atoms with Crippen LogP contribution in [0.4, 0.5) is 0 Å². The van der Waals surface area contributed by atoms with E-state index < -0.39 is 0 Å². The van der Waals surface area contributed by atoms with E-state index >= 15 is 0 Å². The minimum atomic E-state index is 0. The first-order valence-electron chi connectivity index (χ1n) is 9.30. The van der Waals surface area contributed by atoms with Crippen molar-refractivity contribution in [2.24, 2.45) is 16.8 Å². The SMILES string of the molecule is CCC(C)NC(=O)CCNC(=NC)N1CCC(C(CC)CC)C1.I. The third kappa shape index (κ3) is 7.57. The standard InChI is InChI=1S/C18H36N4O.HI/c1-6-14(4)21-17(23)9-11-20-18(19-5)22-12-10-16(13-22)15(7-2)8-3;/h14-16H,6-13H2,1-5H3,(H,19,20)(H,21,23);1H. The van der Waals surface area contributed by atoms with Gasteiger partial charge in [-0.05, 0) is 31.6 Å². The monoisotopic (exact) mass is 452 g/mol. The number of likely N-dealkylation sites (tertiary alicyclic amines) is 1. The Labute approximate surface area is 165 Å². The van der Waals surface area contributed by atoms with E-state index in [0.717, 1.165) is 37.3 Å². The van der Waals surface area contributed by atoms with Crippen molar-refractivity contribution in [3.8, 4) is 0 Å².